The molecule has 1 aromatic carbocycles. The van der Waals surface area contributed by atoms with Crippen LogP contribution < -0.4 is 4.90 Å². The summed E-state index contributed by atoms with van der Waals surface area (Å²) in [6.45, 7) is 8.74. The van der Waals surface area contributed by atoms with Gasteiger partial charge in [-0.3, -0.25) is 0 Å². The Kier molecular flexibility index (Phi) is 5.29. The number of nitrogens with zero attached hydrogens (tertiary/aromatic N) is 1. The number of anilines is 1. The third-order valence-corrected chi connectivity index (χ3v) is 3.14. The van der Waals surface area contributed by atoms with Gasteiger partial charge in [0.2, 0.25) is 0 Å². The lowest BCUT2D eigenvalue weighted by Crippen LogP contribution is -2.27. The van der Waals surface area contributed by atoms with Gasteiger partial charge in [-0.25, -0.2) is 0 Å². The van der Waals surface area contributed by atoms with E-state index in [1.54, 1.807) is 0 Å². The molecule has 0 atom stereocenters. The van der Waals surface area contributed by atoms with Crippen LogP contribution in [0.15, 0.2) is 22.7 Å². The van der Waals surface area contributed by atoms with E-state index in [2.05, 4.69) is 47.7 Å². The number of hydrogen-bond acceptors (Lipinski definition) is 2. The molecule has 0 radical (unpaired) electrons. The van der Waals surface area contributed by atoms with Gasteiger partial charge >= 0.3 is 0 Å². The molecule has 1 N–H and O–H groups in total. The number of aliphatic hydroxyl groups is 1. The van der Waals surface area contributed by atoms with E-state index in [-0.39, 0.29) is 6.61 Å². The van der Waals surface area contributed by atoms with Crippen molar-refractivity contribution < 1.29 is 5.11 Å². The van der Waals surface area contributed by atoms with Crippen LogP contribution >= 0.6 is 15.9 Å². The summed E-state index contributed by atoms with van der Waals surface area (Å²) in [6.07, 6.45) is 0. The summed E-state index contributed by atoms with van der Waals surface area (Å²) in [7, 11) is 0. The molecule has 0 heterocycles. The fourth-order valence-electron chi connectivity index (χ4n) is 1.74. The summed E-state index contributed by atoms with van der Waals surface area (Å²) >= 11 is 3.57. The highest BCUT2D eigenvalue weighted by atomic mass is 79.9. The van der Waals surface area contributed by atoms with Crippen LogP contribution in [0.2, 0.25) is 0 Å². The number of benzene rings is 1. The molecule has 0 bridgehead atoms. The molecule has 16 heavy (non-hydrogen) atoms. The first-order valence-electron chi connectivity index (χ1n) is 5.72. The smallest absolute Gasteiger partial charge is 0.0682 e. The molecule has 0 unspecified atom stereocenters. The molecule has 2 nitrogen and oxygen atoms in total. The normalized spacial score (nSPS) is 10.9. The molecule has 90 valence electrons. The Hall–Kier alpha value is -0.540. The standard InChI is InChI=1S/C13H20BrNO/c1-4-15(8-10(2)3)13-6-5-11(9-16)7-12(13)14/h5-7,10,16H,4,8-9H2,1-3H3. The van der Waals surface area contributed by atoms with Crippen LogP contribution in [-0.2, 0) is 6.61 Å². The lowest BCUT2D eigenvalue weighted by molar-refractivity contribution is 0.282. The van der Waals surface area contributed by atoms with E-state index in [0.717, 1.165) is 23.1 Å². The lowest BCUT2D eigenvalue weighted by Gasteiger charge is -2.26. The maximum absolute atomic E-state index is 9.06. The third-order valence-electron chi connectivity index (χ3n) is 2.50. The van der Waals surface area contributed by atoms with Crippen molar-refractivity contribution in [1.29, 1.82) is 0 Å². The summed E-state index contributed by atoms with van der Waals surface area (Å²) in [4.78, 5) is 2.34. The minimum absolute atomic E-state index is 0.0924. The molecule has 0 saturated carbocycles. The molecule has 1 aromatic rings. The van der Waals surface area contributed by atoms with Gasteiger partial charge in [0.15, 0.2) is 0 Å². The lowest BCUT2D eigenvalue weighted by atomic mass is 10.1. The number of hydrogen-bond donors (Lipinski definition) is 1. The Balaban J connectivity index is 2.92. The number of rotatable bonds is 5. The Bertz CT molecular complexity index is 339. The largest absolute Gasteiger partial charge is 0.392 e. The van der Waals surface area contributed by atoms with E-state index >= 15 is 0 Å². The SMILES string of the molecule is CCN(CC(C)C)c1ccc(CO)cc1Br. The van der Waals surface area contributed by atoms with E-state index in [4.69, 9.17) is 5.11 Å². The van der Waals surface area contributed by atoms with E-state index in [1.807, 2.05) is 12.1 Å². The van der Waals surface area contributed by atoms with Crippen LogP contribution in [0, 0.1) is 5.92 Å². The highest BCUT2D eigenvalue weighted by molar-refractivity contribution is 9.10. The molecule has 0 saturated heterocycles. The molecule has 0 amide bonds. The second-order valence-electron chi connectivity index (χ2n) is 4.38. The average Bonchev–Trinajstić information content (AvgIpc) is 2.25. The Morgan fingerprint density at radius 1 is 1.38 bits per heavy atom. The van der Waals surface area contributed by atoms with Gasteiger partial charge in [-0.2, -0.15) is 0 Å². The first-order chi connectivity index (χ1) is 7.58. The van der Waals surface area contributed by atoms with Gasteiger partial charge in [0.05, 0.1) is 12.3 Å². The van der Waals surface area contributed by atoms with Crippen LogP contribution in [0.1, 0.15) is 26.3 Å². The van der Waals surface area contributed by atoms with Gasteiger partial charge in [-0.15, -0.1) is 0 Å². The van der Waals surface area contributed by atoms with E-state index in [0.29, 0.717) is 5.92 Å². The maximum Gasteiger partial charge on any atom is 0.0682 e. The minimum atomic E-state index is 0.0924. The van der Waals surface area contributed by atoms with Crippen LogP contribution in [0.4, 0.5) is 5.69 Å². The van der Waals surface area contributed by atoms with Gasteiger partial charge in [0.1, 0.15) is 0 Å². The van der Waals surface area contributed by atoms with Crippen LogP contribution in [-0.4, -0.2) is 18.2 Å². The monoisotopic (exact) mass is 285 g/mol. The van der Waals surface area contributed by atoms with Crippen molar-refractivity contribution in [3.63, 3.8) is 0 Å². The van der Waals surface area contributed by atoms with Crippen molar-refractivity contribution in [3.05, 3.63) is 28.2 Å². The molecule has 3 heteroatoms. The summed E-state index contributed by atoms with van der Waals surface area (Å²) in [5.74, 6) is 0.643. The van der Waals surface area contributed by atoms with Gasteiger partial charge in [0.25, 0.3) is 0 Å². The zero-order valence-corrected chi connectivity index (χ0v) is 11.8. The van der Waals surface area contributed by atoms with Crippen molar-refractivity contribution >= 4 is 21.6 Å². The second-order valence-corrected chi connectivity index (χ2v) is 5.23. The molecule has 0 aromatic heterocycles. The average molecular weight is 286 g/mol. The van der Waals surface area contributed by atoms with Crippen LogP contribution in [0.5, 0.6) is 0 Å². The maximum atomic E-state index is 9.06. The summed E-state index contributed by atoms with van der Waals surface area (Å²) in [6, 6.07) is 6.03. The van der Waals surface area contributed by atoms with Gasteiger partial charge in [0, 0.05) is 17.6 Å². The van der Waals surface area contributed by atoms with Gasteiger partial charge < -0.3 is 10.0 Å². The summed E-state index contributed by atoms with van der Waals surface area (Å²) in [5.41, 5.74) is 2.14. The predicted octanol–water partition coefficient (Wildman–Crippen LogP) is 3.42. The molecule has 0 aliphatic heterocycles. The molecule has 0 aliphatic rings. The Morgan fingerprint density at radius 2 is 2.06 bits per heavy atom. The van der Waals surface area contributed by atoms with E-state index in [9.17, 15) is 0 Å². The van der Waals surface area contributed by atoms with Crippen LogP contribution in [0.25, 0.3) is 0 Å². The fraction of sp³-hybridized carbons (Fsp3) is 0.538. The van der Waals surface area contributed by atoms with Crippen molar-refractivity contribution in [3.8, 4) is 0 Å². The second kappa shape index (κ2) is 6.26. The zero-order chi connectivity index (χ0) is 12.1. The van der Waals surface area contributed by atoms with Gasteiger partial charge in [-0.05, 0) is 46.5 Å². The molecule has 1 rings (SSSR count). The summed E-state index contributed by atoms with van der Waals surface area (Å²) in [5, 5.41) is 9.06. The Labute approximate surface area is 106 Å². The molecule has 0 aliphatic carbocycles. The van der Waals surface area contributed by atoms with Crippen molar-refractivity contribution in [2.45, 2.75) is 27.4 Å². The van der Waals surface area contributed by atoms with Crippen molar-refractivity contribution in [2.75, 3.05) is 18.0 Å². The topological polar surface area (TPSA) is 23.5 Å². The fourth-order valence-corrected chi connectivity index (χ4v) is 2.42. The zero-order valence-electron chi connectivity index (χ0n) is 10.2. The first-order valence-corrected chi connectivity index (χ1v) is 6.52. The highest BCUT2D eigenvalue weighted by Gasteiger charge is 2.10. The minimum Gasteiger partial charge on any atom is -0.392 e. The molecular weight excluding hydrogens is 266 g/mol. The van der Waals surface area contributed by atoms with Crippen molar-refractivity contribution in [2.24, 2.45) is 5.92 Å². The van der Waals surface area contributed by atoms with E-state index < -0.39 is 0 Å². The Morgan fingerprint density at radius 3 is 2.50 bits per heavy atom. The van der Waals surface area contributed by atoms with Gasteiger partial charge in [-0.1, -0.05) is 19.9 Å². The predicted molar refractivity (Wildman–Crippen MR) is 72.8 cm³/mol. The third kappa shape index (κ3) is 3.49. The molecule has 0 spiro atoms. The molecule has 0 fully saturated rings. The highest BCUT2D eigenvalue weighted by Crippen LogP contribution is 2.28. The first kappa shape index (κ1) is 13.5. The number of halogens is 1. The molecular formula is C13H20BrNO. The van der Waals surface area contributed by atoms with E-state index in [1.165, 1.54) is 5.69 Å². The number of aliphatic hydroxyl groups excluding tert-OH is 1. The van der Waals surface area contributed by atoms with Crippen LogP contribution in [0.3, 0.4) is 0 Å². The quantitative estimate of drug-likeness (QED) is 0.896. The van der Waals surface area contributed by atoms with Crippen molar-refractivity contribution in [1.82, 2.24) is 0 Å². The summed E-state index contributed by atoms with van der Waals surface area (Å²) < 4.78 is 1.06.